The molecule has 1 aromatic carbocycles. The van der Waals surface area contributed by atoms with Crippen molar-refractivity contribution >= 4 is 23.2 Å². The molecule has 2 N–H and O–H groups in total. The van der Waals surface area contributed by atoms with Gasteiger partial charge in [0.2, 0.25) is 11.8 Å². The van der Waals surface area contributed by atoms with Crippen LogP contribution < -0.4 is 4.74 Å². The number of hydrogen-bond acceptors (Lipinski definition) is 8. The standard InChI is InChI=1S/C18H17ClN2O6/c1-7-4-9(22)5-11(23)13(7)16(24)14-12(26-3)6-10(15(19)17(14)25)18-21-20-8(2)27-18/h5-7,13,23,25H,4H2,1-3H3/t7-,13-/m1/s1. The second-order valence-corrected chi connectivity index (χ2v) is 6.73. The van der Waals surface area contributed by atoms with Gasteiger partial charge in [0.15, 0.2) is 11.6 Å². The Kier molecular flexibility index (Phi) is 4.93. The monoisotopic (exact) mass is 392 g/mol. The molecule has 1 aromatic heterocycles. The number of carbonyl (C=O) groups is 2. The van der Waals surface area contributed by atoms with Crippen molar-refractivity contribution in [3.05, 3.63) is 34.4 Å². The Hall–Kier alpha value is -2.87. The Morgan fingerprint density at radius 2 is 2.07 bits per heavy atom. The average Bonchev–Trinajstić information content (AvgIpc) is 3.02. The molecule has 1 aliphatic carbocycles. The predicted molar refractivity (Wildman–Crippen MR) is 95.0 cm³/mol. The zero-order valence-electron chi connectivity index (χ0n) is 14.8. The molecule has 0 unspecified atom stereocenters. The SMILES string of the molecule is COc1cc(-c2nnc(C)o2)c(Cl)c(O)c1C(=O)[C@H]1C(O)=CC(=O)C[C@H]1C. The average molecular weight is 393 g/mol. The zero-order chi connectivity index (χ0) is 19.9. The lowest BCUT2D eigenvalue weighted by molar-refractivity contribution is -0.116. The first-order valence-corrected chi connectivity index (χ1v) is 8.49. The summed E-state index contributed by atoms with van der Waals surface area (Å²) in [5.74, 6) is -2.79. The summed E-state index contributed by atoms with van der Waals surface area (Å²) in [5, 5.41) is 28.1. The Morgan fingerprint density at radius 3 is 2.63 bits per heavy atom. The van der Waals surface area contributed by atoms with Gasteiger partial charge in [0.1, 0.15) is 22.8 Å². The van der Waals surface area contributed by atoms with Crippen LogP contribution in [0.1, 0.15) is 29.6 Å². The van der Waals surface area contributed by atoms with E-state index in [1.165, 1.54) is 13.2 Å². The van der Waals surface area contributed by atoms with E-state index >= 15 is 0 Å². The minimum Gasteiger partial charge on any atom is -0.511 e. The van der Waals surface area contributed by atoms with E-state index in [2.05, 4.69) is 10.2 Å². The molecular weight excluding hydrogens is 376 g/mol. The van der Waals surface area contributed by atoms with Gasteiger partial charge in [-0.05, 0) is 12.0 Å². The van der Waals surface area contributed by atoms with Crippen LogP contribution in [-0.2, 0) is 4.79 Å². The quantitative estimate of drug-likeness (QED) is 0.760. The van der Waals surface area contributed by atoms with Crippen LogP contribution in [0.2, 0.25) is 5.02 Å². The number of halogens is 1. The molecule has 0 saturated carbocycles. The van der Waals surface area contributed by atoms with E-state index in [1.807, 2.05) is 0 Å². The summed E-state index contributed by atoms with van der Waals surface area (Å²) >= 11 is 6.23. The van der Waals surface area contributed by atoms with Crippen LogP contribution in [0.5, 0.6) is 11.5 Å². The first-order chi connectivity index (χ1) is 12.7. The van der Waals surface area contributed by atoms with E-state index in [0.29, 0.717) is 5.89 Å². The molecule has 9 heteroatoms. The van der Waals surface area contributed by atoms with Crippen molar-refractivity contribution in [2.45, 2.75) is 20.3 Å². The van der Waals surface area contributed by atoms with Crippen molar-refractivity contribution in [1.29, 1.82) is 0 Å². The Balaban J connectivity index is 2.13. The van der Waals surface area contributed by atoms with E-state index in [9.17, 15) is 19.8 Å². The molecule has 0 aliphatic heterocycles. The number of ketones is 2. The number of hydrogen-bond donors (Lipinski definition) is 2. The summed E-state index contributed by atoms with van der Waals surface area (Å²) in [6.07, 6.45) is 1.14. The van der Waals surface area contributed by atoms with E-state index in [0.717, 1.165) is 6.08 Å². The number of nitrogens with zero attached hydrogens (tertiary/aromatic N) is 2. The number of Topliss-reactive ketones (excluding diaryl/α,β-unsaturated/α-hetero) is 1. The number of carbonyl (C=O) groups excluding carboxylic acids is 2. The molecule has 3 rings (SSSR count). The van der Waals surface area contributed by atoms with Gasteiger partial charge < -0.3 is 19.4 Å². The zero-order valence-corrected chi connectivity index (χ0v) is 15.6. The van der Waals surface area contributed by atoms with Crippen molar-refractivity contribution in [3.63, 3.8) is 0 Å². The molecule has 0 amide bonds. The van der Waals surface area contributed by atoms with Gasteiger partial charge in [0, 0.05) is 19.4 Å². The van der Waals surface area contributed by atoms with Crippen LogP contribution in [-0.4, -0.2) is 39.1 Å². The molecule has 0 saturated heterocycles. The molecule has 2 aromatic rings. The summed E-state index contributed by atoms with van der Waals surface area (Å²) in [4.78, 5) is 24.6. The first-order valence-electron chi connectivity index (χ1n) is 8.12. The largest absolute Gasteiger partial charge is 0.511 e. The maximum atomic E-state index is 13.1. The van der Waals surface area contributed by atoms with E-state index < -0.39 is 23.4 Å². The minimum absolute atomic E-state index is 0.0321. The number of aromatic hydroxyl groups is 1. The van der Waals surface area contributed by atoms with Crippen molar-refractivity contribution < 1.29 is 29.0 Å². The van der Waals surface area contributed by atoms with Crippen LogP contribution in [0.15, 0.2) is 22.3 Å². The molecular formula is C18H17ClN2O6. The minimum atomic E-state index is -0.991. The fourth-order valence-electron chi connectivity index (χ4n) is 3.17. The lowest BCUT2D eigenvalue weighted by atomic mass is 9.78. The molecule has 1 heterocycles. The number of aliphatic hydroxyl groups is 1. The van der Waals surface area contributed by atoms with Gasteiger partial charge >= 0.3 is 0 Å². The van der Waals surface area contributed by atoms with E-state index in [4.69, 9.17) is 20.8 Å². The third-order valence-corrected chi connectivity index (χ3v) is 4.81. The molecule has 8 nitrogen and oxygen atoms in total. The van der Waals surface area contributed by atoms with Crippen LogP contribution in [0.4, 0.5) is 0 Å². The number of ether oxygens (including phenoxy) is 1. The van der Waals surface area contributed by atoms with Gasteiger partial charge in [-0.2, -0.15) is 0 Å². The fraction of sp³-hybridized carbons (Fsp3) is 0.333. The number of phenols is 1. The highest BCUT2D eigenvalue weighted by atomic mass is 35.5. The molecule has 0 fully saturated rings. The highest BCUT2D eigenvalue weighted by Crippen LogP contribution is 2.44. The summed E-state index contributed by atoms with van der Waals surface area (Å²) in [5.41, 5.74) is 0.0171. The highest BCUT2D eigenvalue weighted by Gasteiger charge is 2.38. The second-order valence-electron chi connectivity index (χ2n) is 6.35. The number of benzene rings is 1. The fourth-order valence-corrected chi connectivity index (χ4v) is 3.40. The summed E-state index contributed by atoms with van der Waals surface area (Å²) in [7, 11) is 1.33. The molecule has 1 aliphatic rings. The van der Waals surface area contributed by atoms with Crippen molar-refractivity contribution in [3.8, 4) is 23.0 Å². The number of aromatic nitrogens is 2. The van der Waals surface area contributed by atoms with Crippen LogP contribution in [0.3, 0.4) is 0 Å². The molecule has 27 heavy (non-hydrogen) atoms. The number of allylic oxidation sites excluding steroid dienone is 2. The predicted octanol–water partition coefficient (Wildman–Crippen LogP) is 3.26. The van der Waals surface area contributed by atoms with Crippen LogP contribution in [0.25, 0.3) is 11.5 Å². The number of phenolic OH excluding ortho intramolecular Hbond substituents is 1. The van der Waals surface area contributed by atoms with Gasteiger partial charge in [0.05, 0.1) is 23.6 Å². The van der Waals surface area contributed by atoms with Gasteiger partial charge in [-0.3, -0.25) is 9.59 Å². The van der Waals surface area contributed by atoms with Gasteiger partial charge in [-0.25, -0.2) is 0 Å². The number of methoxy groups -OCH3 is 1. The molecule has 142 valence electrons. The lowest BCUT2D eigenvalue weighted by Gasteiger charge is -2.26. The topological polar surface area (TPSA) is 123 Å². The van der Waals surface area contributed by atoms with Crippen molar-refractivity contribution in [1.82, 2.24) is 10.2 Å². The van der Waals surface area contributed by atoms with Crippen molar-refractivity contribution in [2.75, 3.05) is 7.11 Å². The number of rotatable bonds is 4. The van der Waals surface area contributed by atoms with Crippen LogP contribution in [0, 0.1) is 18.8 Å². The van der Waals surface area contributed by atoms with Gasteiger partial charge in [-0.1, -0.05) is 18.5 Å². The third-order valence-electron chi connectivity index (χ3n) is 4.43. The molecule has 0 bridgehead atoms. The first kappa shape index (κ1) is 18.9. The lowest BCUT2D eigenvalue weighted by Crippen LogP contribution is -2.30. The summed E-state index contributed by atoms with van der Waals surface area (Å²) < 4.78 is 10.6. The smallest absolute Gasteiger partial charge is 0.249 e. The maximum Gasteiger partial charge on any atom is 0.249 e. The number of aliphatic hydroxyl groups excluding tert-OH is 1. The molecule has 2 atom stereocenters. The summed E-state index contributed by atoms with van der Waals surface area (Å²) in [6.45, 7) is 3.27. The van der Waals surface area contributed by atoms with Gasteiger partial charge in [0.25, 0.3) is 0 Å². The maximum absolute atomic E-state index is 13.1. The highest BCUT2D eigenvalue weighted by molar-refractivity contribution is 6.35. The summed E-state index contributed by atoms with van der Waals surface area (Å²) in [6, 6.07) is 1.40. The molecule has 0 spiro atoms. The Labute approximate surface area is 159 Å². The number of aryl methyl sites for hydroxylation is 1. The second kappa shape index (κ2) is 7.03. The van der Waals surface area contributed by atoms with E-state index in [1.54, 1.807) is 13.8 Å². The molecule has 0 radical (unpaired) electrons. The van der Waals surface area contributed by atoms with Crippen LogP contribution >= 0.6 is 11.6 Å². The van der Waals surface area contributed by atoms with Crippen molar-refractivity contribution in [2.24, 2.45) is 11.8 Å². The van der Waals surface area contributed by atoms with E-state index in [-0.39, 0.29) is 45.8 Å². The Morgan fingerprint density at radius 1 is 1.37 bits per heavy atom. The third kappa shape index (κ3) is 3.28. The normalized spacial score (nSPS) is 19.7. The Bertz CT molecular complexity index is 965. The van der Waals surface area contributed by atoms with Gasteiger partial charge in [-0.15, -0.1) is 10.2 Å².